The first-order valence-electron chi connectivity index (χ1n) is 5.81. The van der Waals surface area contributed by atoms with Gasteiger partial charge < -0.3 is 5.32 Å². The summed E-state index contributed by atoms with van der Waals surface area (Å²) in [5.41, 5.74) is 3.02. The van der Waals surface area contributed by atoms with Gasteiger partial charge in [-0.15, -0.1) is 0 Å². The molecule has 0 unspecified atom stereocenters. The molecule has 0 aliphatic heterocycles. The lowest BCUT2D eigenvalue weighted by molar-refractivity contribution is 0.601. The van der Waals surface area contributed by atoms with Gasteiger partial charge in [-0.1, -0.05) is 12.1 Å². The van der Waals surface area contributed by atoms with E-state index >= 15 is 0 Å². The Bertz CT molecular complexity index is 544. The van der Waals surface area contributed by atoms with E-state index in [2.05, 4.69) is 5.32 Å². The van der Waals surface area contributed by atoms with E-state index in [1.165, 1.54) is 18.2 Å². The zero-order valence-electron chi connectivity index (χ0n) is 10.4. The number of aryl methyl sites for hydroxylation is 1. The quantitative estimate of drug-likeness (QED) is 0.872. The van der Waals surface area contributed by atoms with Crippen molar-refractivity contribution in [1.29, 1.82) is 0 Å². The van der Waals surface area contributed by atoms with Gasteiger partial charge in [0.05, 0.1) is 0 Å². The Morgan fingerprint density at radius 3 is 2.44 bits per heavy atom. The molecule has 0 aliphatic rings. The molecule has 2 rings (SSSR count). The lowest BCUT2D eigenvalue weighted by atomic mass is 10.0. The highest BCUT2D eigenvalue weighted by Crippen LogP contribution is 2.24. The maximum Gasteiger partial charge on any atom is 0.127 e. The molecule has 0 heterocycles. The van der Waals surface area contributed by atoms with Gasteiger partial charge in [-0.05, 0) is 54.9 Å². The highest BCUT2D eigenvalue weighted by atomic mass is 19.1. The number of nitrogens with one attached hydrogen (secondary N) is 1. The summed E-state index contributed by atoms with van der Waals surface area (Å²) in [7, 11) is 1.76. The second-order valence-corrected chi connectivity index (χ2v) is 4.35. The molecule has 2 aromatic rings. The van der Waals surface area contributed by atoms with Crippen LogP contribution in [0.4, 0.5) is 8.78 Å². The van der Waals surface area contributed by atoms with E-state index in [1.807, 2.05) is 13.0 Å². The van der Waals surface area contributed by atoms with Gasteiger partial charge in [0.1, 0.15) is 11.6 Å². The average molecular weight is 247 g/mol. The van der Waals surface area contributed by atoms with Gasteiger partial charge in [0.25, 0.3) is 0 Å². The Morgan fingerprint density at radius 2 is 1.78 bits per heavy atom. The minimum Gasteiger partial charge on any atom is -0.316 e. The van der Waals surface area contributed by atoms with Gasteiger partial charge in [0, 0.05) is 12.1 Å². The predicted octanol–water partition coefficient (Wildman–Crippen LogP) is 3.66. The van der Waals surface area contributed by atoms with Gasteiger partial charge in [-0.2, -0.15) is 0 Å². The van der Waals surface area contributed by atoms with E-state index in [9.17, 15) is 8.78 Å². The lowest BCUT2D eigenvalue weighted by Crippen LogP contribution is -2.07. The Morgan fingerprint density at radius 1 is 1.00 bits per heavy atom. The van der Waals surface area contributed by atoms with E-state index in [4.69, 9.17) is 0 Å². The largest absolute Gasteiger partial charge is 0.316 e. The Kier molecular flexibility index (Phi) is 3.72. The van der Waals surface area contributed by atoms with Crippen LogP contribution < -0.4 is 5.32 Å². The second-order valence-electron chi connectivity index (χ2n) is 4.35. The summed E-state index contributed by atoms with van der Waals surface area (Å²) in [6.45, 7) is 2.29. The summed E-state index contributed by atoms with van der Waals surface area (Å²) in [6.07, 6.45) is 0. The Balaban J connectivity index is 2.47. The van der Waals surface area contributed by atoms with Crippen molar-refractivity contribution < 1.29 is 8.78 Å². The minimum absolute atomic E-state index is 0.249. The molecule has 0 radical (unpaired) electrons. The van der Waals surface area contributed by atoms with Gasteiger partial charge >= 0.3 is 0 Å². The van der Waals surface area contributed by atoms with E-state index in [0.717, 1.165) is 16.7 Å². The zero-order chi connectivity index (χ0) is 13.1. The fourth-order valence-corrected chi connectivity index (χ4v) is 1.98. The maximum absolute atomic E-state index is 13.5. The maximum atomic E-state index is 13.5. The molecule has 1 nitrogen and oxygen atoms in total. The molecule has 94 valence electrons. The third-order valence-electron chi connectivity index (χ3n) is 2.79. The van der Waals surface area contributed by atoms with Crippen LogP contribution in [0.2, 0.25) is 0 Å². The van der Waals surface area contributed by atoms with E-state index in [1.54, 1.807) is 19.2 Å². The van der Waals surface area contributed by atoms with E-state index in [-0.39, 0.29) is 11.6 Å². The molecule has 0 aromatic heterocycles. The van der Waals surface area contributed by atoms with Crippen molar-refractivity contribution in [2.45, 2.75) is 13.5 Å². The van der Waals surface area contributed by atoms with Crippen LogP contribution in [-0.4, -0.2) is 7.05 Å². The summed E-state index contributed by atoms with van der Waals surface area (Å²) in [5.74, 6) is -0.522. The lowest BCUT2D eigenvalue weighted by Gasteiger charge is -2.08. The first-order valence-corrected chi connectivity index (χ1v) is 5.81. The highest BCUT2D eigenvalue weighted by molar-refractivity contribution is 5.65. The molecule has 0 saturated heterocycles. The Hall–Kier alpha value is -1.74. The van der Waals surface area contributed by atoms with Gasteiger partial charge in [-0.3, -0.25) is 0 Å². The predicted molar refractivity (Wildman–Crippen MR) is 69.3 cm³/mol. The molecule has 0 fully saturated rings. The molecule has 3 heteroatoms. The molecular weight excluding hydrogens is 232 g/mol. The molecule has 0 atom stereocenters. The summed E-state index contributed by atoms with van der Waals surface area (Å²) in [4.78, 5) is 0. The van der Waals surface area contributed by atoms with E-state index < -0.39 is 0 Å². The third kappa shape index (κ3) is 2.74. The summed E-state index contributed by atoms with van der Waals surface area (Å²) >= 11 is 0. The number of hydrogen-bond donors (Lipinski definition) is 1. The van der Waals surface area contributed by atoms with Crippen molar-refractivity contribution in [2.75, 3.05) is 7.05 Å². The Labute approximate surface area is 105 Å². The molecule has 0 aliphatic carbocycles. The number of rotatable bonds is 3. The average Bonchev–Trinajstić information content (AvgIpc) is 2.31. The third-order valence-corrected chi connectivity index (χ3v) is 2.79. The van der Waals surface area contributed by atoms with Crippen molar-refractivity contribution in [3.05, 3.63) is 59.2 Å². The zero-order valence-corrected chi connectivity index (χ0v) is 10.4. The molecule has 1 N–H and O–H groups in total. The van der Waals surface area contributed by atoms with Crippen LogP contribution in [-0.2, 0) is 6.54 Å². The van der Waals surface area contributed by atoms with Crippen LogP contribution >= 0.6 is 0 Å². The standard InChI is InChI=1S/C15H15F2N/c1-10-5-12(8-14(16)6-10)11-3-4-15(17)13(7-11)9-18-2/h3-8,18H,9H2,1-2H3. The topological polar surface area (TPSA) is 12.0 Å². The monoisotopic (exact) mass is 247 g/mol. The van der Waals surface area contributed by atoms with Crippen molar-refractivity contribution in [3.8, 4) is 11.1 Å². The van der Waals surface area contributed by atoms with Gasteiger partial charge in [0.2, 0.25) is 0 Å². The molecule has 0 amide bonds. The van der Waals surface area contributed by atoms with Crippen molar-refractivity contribution in [2.24, 2.45) is 0 Å². The summed E-state index contributed by atoms with van der Waals surface area (Å²) in [6, 6.07) is 9.66. The first-order chi connectivity index (χ1) is 8.60. The molecular formula is C15H15F2N. The van der Waals surface area contributed by atoms with Crippen LogP contribution in [0.25, 0.3) is 11.1 Å². The van der Waals surface area contributed by atoms with Crippen LogP contribution in [0.3, 0.4) is 0 Å². The van der Waals surface area contributed by atoms with Crippen molar-refractivity contribution in [3.63, 3.8) is 0 Å². The molecule has 0 saturated carbocycles. The van der Waals surface area contributed by atoms with Crippen molar-refractivity contribution >= 4 is 0 Å². The second kappa shape index (κ2) is 5.27. The number of hydrogen-bond acceptors (Lipinski definition) is 1. The molecule has 2 aromatic carbocycles. The van der Waals surface area contributed by atoms with Gasteiger partial charge in [0.15, 0.2) is 0 Å². The molecule has 0 bridgehead atoms. The van der Waals surface area contributed by atoms with Crippen molar-refractivity contribution in [1.82, 2.24) is 5.32 Å². The fourth-order valence-electron chi connectivity index (χ4n) is 1.98. The van der Waals surface area contributed by atoms with Crippen LogP contribution in [0.5, 0.6) is 0 Å². The van der Waals surface area contributed by atoms with Crippen LogP contribution in [0.15, 0.2) is 36.4 Å². The minimum atomic E-state index is -0.274. The van der Waals surface area contributed by atoms with Crippen LogP contribution in [0, 0.1) is 18.6 Å². The van der Waals surface area contributed by atoms with Crippen LogP contribution in [0.1, 0.15) is 11.1 Å². The smallest absolute Gasteiger partial charge is 0.127 e. The molecule has 18 heavy (non-hydrogen) atoms. The fraction of sp³-hybridized carbons (Fsp3) is 0.200. The summed E-state index contributed by atoms with van der Waals surface area (Å²) < 4.78 is 26.9. The first kappa shape index (κ1) is 12.7. The highest BCUT2D eigenvalue weighted by Gasteiger charge is 2.06. The SMILES string of the molecule is CNCc1cc(-c2cc(C)cc(F)c2)ccc1F. The normalized spacial score (nSPS) is 10.7. The summed E-state index contributed by atoms with van der Waals surface area (Å²) in [5, 5.41) is 2.91. The molecule has 0 spiro atoms. The number of benzene rings is 2. The van der Waals surface area contributed by atoms with Gasteiger partial charge in [-0.25, -0.2) is 8.78 Å². The number of halogens is 2. The van der Waals surface area contributed by atoms with E-state index in [0.29, 0.717) is 12.1 Å².